The lowest BCUT2D eigenvalue weighted by atomic mass is 9.77. The van der Waals surface area contributed by atoms with E-state index in [1.807, 2.05) is 18.2 Å². The number of hydrogen-bond acceptors (Lipinski definition) is 5. The number of hydrogen-bond donors (Lipinski definition) is 2. The van der Waals surface area contributed by atoms with Crippen LogP contribution in [-0.2, 0) is 14.3 Å². The number of nitrogens with zero attached hydrogens (tertiary/aromatic N) is 2. The van der Waals surface area contributed by atoms with Crippen LogP contribution in [0.1, 0.15) is 6.42 Å². The molecular formula is C20H14N2O5. The molecule has 1 spiro atoms. The molecule has 0 aromatic rings. The molecule has 2 N–H and O–H groups in total. The Morgan fingerprint density at radius 2 is 1.96 bits per heavy atom. The number of rotatable bonds is 2. The summed E-state index contributed by atoms with van der Waals surface area (Å²) in [5.41, 5.74) is -0.151. The number of carboxylic acid groups (broad SMARTS) is 2. The van der Waals surface area contributed by atoms with Gasteiger partial charge in [0.15, 0.2) is 0 Å². The Balaban J connectivity index is 1.84. The minimum absolute atomic E-state index is 0.490. The molecule has 7 nitrogen and oxygen atoms in total. The van der Waals surface area contributed by atoms with E-state index in [9.17, 15) is 19.8 Å². The summed E-state index contributed by atoms with van der Waals surface area (Å²) in [4.78, 5) is 30.2. The molecule has 5 aliphatic rings. The van der Waals surface area contributed by atoms with Gasteiger partial charge in [-0.3, -0.25) is 0 Å². The second-order valence-corrected chi connectivity index (χ2v) is 6.62. The Bertz CT molecular complexity index is 1040. The highest BCUT2D eigenvalue weighted by atomic mass is 16.5. The van der Waals surface area contributed by atoms with E-state index in [4.69, 9.17) is 9.73 Å². The maximum Gasteiger partial charge on any atom is 0.345 e. The van der Waals surface area contributed by atoms with Crippen LogP contribution in [0.5, 0.6) is 0 Å². The standard InChI is InChI=1S/C20H14N2O5/c23-17(24)19(18(25)26)9-7-12-4-3-11-27-20(12)16-14(8-10-22(19)20)13-5-1-2-6-15(13)21-16/h1,3-11H,2H2,(H,23,24)(H,25,26). The Kier molecular flexibility index (Phi) is 2.88. The zero-order valence-electron chi connectivity index (χ0n) is 14.0. The van der Waals surface area contributed by atoms with E-state index in [0.29, 0.717) is 11.3 Å². The summed E-state index contributed by atoms with van der Waals surface area (Å²) in [5.74, 6) is -3.00. The molecule has 4 aliphatic heterocycles. The van der Waals surface area contributed by atoms with Crippen molar-refractivity contribution < 1.29 is 24.5 Å². The van der Waals surface area contributed by atoms with Gasteiger partial charge in [-0.1, -0.05) is 24.3 Å². The number of aliphatic carboxylic acids is 2. The quantitative estimate of drug-likeness (QED) is 0.730. The topological polar surface area (TPSA) is 99.4 Å². The normalized spacial score (nSPS) is 28.3. The van der Waals surface area contributed by atoms with Crippen molar-refractivity contribution in [1.29, 1.82) is 0 Å². The number of fused-ring (bicyclic) bond motifs is 2. The van der Waals surface area contributed by atoms with Crippen molar-refractivity contribution in [3.05, 3.63) is 83.5 Å². The molecule has 0 aromatic carbocycles. The van der Waals surface area contributed by atoms with Crippen molar-refractivity contribution in [1.82, 2.24) is 4.90 Å². The van der Waals surface area contributed by atoms with Gasteiger partial charge in [0.05, 0.1) is 12.0 Å². The third-order valence-electron chi connectivity index (χ3n) is 5.36. The molecule has 0 aromatic heterocycles. The third kappa shape index (κ3) is 1.68. The smallest absolute Gasteiger partial charge is 0.345 e. The maximum absolute atomic E-state index is 12.1. The second-order valence-electron chi connectivity index (χ2n) is 6.62. The predicted octanol–water partition coefficient (Wildman–Crippen LogP) is 2.06. The number of allylic oxidation sites excluding steroid dienone is 6. The maximum atomic E-state index is 12.1. The highest BCUT2D eigenvalue weighted by Gasteiger charge is 2.64. The molecule has 0 bridgehead atoms. The third-order valence-corrected chi connectivity index (χ3v) is 5.36. The van der Waals surface area contributed by atoms with Gasteiger partial charge in [-0.25, -0.2) is 14.6 Å². The van der Waals surface area contributed by atoms with Crippen LogP contribution in [0.15, 0.2) is 88.5 Å². The summed E-state index contributed by atoms with van der Waals surface area (Å²) < 4.78 is 5.98. The van der Waals surface area contributed by atoms with Crippen molar-refractivity contribution in [2.75, 3.05) is 0 Å². The van der Waals surface area contributed by atoms with E-state index in [-0.39, 0.29) is 0 Å². The molecule has 0 amide bonds. The molecule has 1 atom stereocenters. The Morgan fingerprint density at radius 3 is 2.74 bits per heavy atom. The largest absolute Gasteiger partial charge is 0.479 e. The van der Waals surface area contributed by atoms with Gasteiger partial charge in [0.25, 0.3) is 11.3 Å². The van der Waals surface area contributed by atoms with Crippen LogP contribution in [0.25, 0.3) is 0 Å². The Labute approximate surface area is 153 Å². The molecule has 1 unspecified atom stereocenters. The summed E-state index contributed by atoms with van der Waals surface area (Å²) in [7, 11) is 0. The lowest BCUT2D eigenvalue weighted by molar-refractivity contribution is -0.171. The summed E-state index contributed by atoms with van der Waals surface area (Å²) in [6, 6.07) is 0. The number of aliphatic imine (C=N–C) groups is 1. The van der Waals surface area contributed by atoms with E-state index in [1.54, 1.807) is 18.2 Å². The van der Waals surface area contributed by atoms with E-state index >= 15 is 0 Å². The highest BCUT2D eigenvalue weighted by Crippen LogP contribution is 2.49. The number of carboxylic acids is 2. The monoisotopic (exact) mass is 362 g/mol. The van der Waals surface area contributed by atoms with Crippen LogP contribution >= 0.6 is 0 Å². The van der Waals surface area contributed by atoms with Crippen LogP contribution in [0.2, 0.25) is 0 Å². The van der Waals surface area contributed by atoms with Gasteiger partial charge in [0, 0.05) is 22.9 Å². The molecular weight excluding hydrogens is 348 g/mol. The van der Waals surface area contributed by atoms with Crippen LogP contribution in [-0.4, -0.2) is 44.0 Å². The van der Waals surface area contributed by atoms with Crippen LogP contribution in [0.4, 0.5) is 0 Å². The molecule has 0 fully saturated rings. The predicted molar refractivity (Wildman–Crippen MR) is 95.5 cm³/mol. The zero-order chi connectivity index (χ0) is 18.8. The van der Waals surface area contributed by atoms with Crippen molar-refractivity contribution >= 4 is 17.7 Å². The first-order valence-electron chi connectivity index (χ1n) is 8.41. The first-order chi connectivity index (χ1) is 13.0. The van der Waals surface area contributed by atoms with Crippen molar-refractivity contribution in [2.45, 2.75) is 17.7 Å². The molecule has 0 radical (unpaired) electrons. The molecule has 4 heterocycles. The Hall–Kier alpha value is -3.61. The molecule has 27 heavy (non-hydrogen) atoms. The lowest BCUT2D eigenvalue weighted by Gasteiger charge is -2.53. The SMILES string of the molecule is O=C(O)C1(C(=O)O)C=CC2=CC=COC23C2=NC4=CCC=CC4=C2C=CN13. The fraction of sp³-hybridized carbons (Fsp3) is 0.150. The van der Waals surface area contributed by atoms with Crippen LogP contribution in [0.3, 0.4) is 0 Å². The van der Waals surface area contributed by atoms with Gasteiger partial charge in [-0.15, -0.1) is 0 Å². The van der Waals surface area contributed by atoms with E-state index in [2.05, 4.69) is 0 Å². The van der Waals surface area contributed by atoms with Crippen molar-refractivity contribution in [3.63, 3.8) is 0 Å². The first-order valence-corrected chi connectivity index (χ1v) is 8.41. The molecule has 7 heteroatoms. The van der Waals surface area contributed by atoms with E-state index in [1.165, 1.54) is 29.5 Å². The highest BCUT2D eigenvalue weighted by molar-refractivity contribution is 6.18. The summed E-state index contributed by atoms with van der Waals surface area (Å²) in [6.45, 7) is 0. The lowest BCUT2D eigenvalue weighted by Crippen LogP contribution is -2.71. The molecule has 1 aliphatic carbocycles. The average molecular weight is 362 g/mol. The fourth-order valence-electron chi connectivity index (χ4n) is 4.11. The number of carbonyl (C=O) groups is 2. The molecule has 0 saturated carbocycles. The zero-order valence-corrected chi connectivity index (χ0v) is 14.0. The summed E-state index contributed by atoms with van der Waals surface area (Å²) >= 11 is 0. The minimum atomic E-state index is -2.31. The summed E-state index contributed by atoms with van der Waals surface area (Å²) in [5, 5.41) is 19.7. The van der Waals surface area contributed by atoms with Gasteiger partial charge >= 0.3 is 11.9 Å². The van der Waals surface area contributed by atoms with Crippen molar-refractivity contribution in [3.8, 4) is 0 Å². The average Bonchev–Trinajstić information content (AvgIpc) is 3.05. The molecule has 134 valence electrons. The fourth-order valence-corrected chi connectivity index (χ4v) is 4.11. The molecule has 5 rings (SSSR count). The van der Waals surface area contributed by atoms with Crippen LogP contribution in [0, 0.1) is 0 Å². The van der Waals surface area contributed by atoms with Gasteiger partial charge in [-0.2, -0.15) is 0 Å². The van der Waals surface area contributed by atoms with E-state index < -0.39 is 23.2 Å². The van der Waals surface area contributed by atoms with Gasteiger partial charge in [-0.05, 0) is 30.7 Å². The first kappa shape index (κ1) is 15.6. The Morgan fingerprint density at radius 1 is 1.15 bits per heavy atom. The number of ether oxygens (including phenoxy) is 1. The van der Waals surface area contributed by atoms with Gasteiger partial charge < -0.3 is 19.8 Å². The minimum Gasteiger partial charge on any atom is -0.479 e. The van der Waals surface area contributed by atoms with E-state index in [0.717, 1.165) is 23.3 Å². The van der Waals surface area contributed by atoms with Crippen LogP contribution < -0.4 is 0 Å². The van der Waals surface area contributed by atoms with Crippen molar-refractivity contribution in [2.24, 2.45) is 4.99 Å². The summed E-state index contributed by atoms with van der Waals surface area (Å²) in [6.07, 6.45) is 17.5. The second kappa shape index (κ2) is 4.97. The van der Waals surface area contributed by atoms with Gasteiger partial charge in [0.2, 0.25) is 0 Å². The van der Waals surface area contributed by atoms with Gasteiger partial charge in [0.1, 0.15) is 5.71 Å². The molecule has 0 saturated heterocycles.